The third-order valence-corrected chi connectivity index (χ3v) is 3.04. The number of likely N-dealkylation sites (N-methyl/N-ethyl adjacent to an activating group) is 1. The van der Waals surface area contributed by atoms with E-state index in [1.807, 2.05) is 13.2 Å². The number of nitrogens with zero attached hydrogens (tertiary/aromatic N) is 2. The van der Waals surface area contributed by atoms with Gasteiger partial charge in [-0.05, 0) is 35.9 Å². The van der Waals surface area contributed by atoms with Crippen LogP contribution in [0, 0.1) is 0 Å². The molecule has 78 valence electrons. The van der Waals surface area contributed by atoms with Crippen LogP contribution < -0.4 is 5.32 Å². The van der Waals surface area contributed by atoms with Gasteiger partial charge in [0.25, 0.3) is 0 Å². The third-order valence-electron chi connectivity index (χ3n) is 2.31. The van der Waals surface area contributed by atoms with E-state index in [4.69, 9.17) is 0 Å². The fourth-order valence-corrected chi connectivity index (χ4v) is 2.17. The van der Waals surface area contributed by atoms with Gasteiger partial charge < -0.3 is 5.32 Å². The second-order valence-corrected chi connectivity index (χ2v) is 4.09. The van der Waals surface area contributed by atoms with Crippen LogP contribution in [0.3, 0.4) is 0 Å². The average Bonchev–Trinajstić information content (AvgIpc) is 2.80. The van der Waals surface area contributed by atoms with Crippen molar-refractivity contribution in [1.29, 1.82) is 0 Å². The smallest absolute Gasteiger partial charge is 0.0759 e. The molecule has 0 fully saturated rings. The van der Waals surface area contributed by atoms with Crippen molar-refractivity contribution >= 4 is 11.3 Å². The summed E-state index contributed by atoms with van der Waals surface area (Å²) in [5.41, 5.74) is 2.33. The molecule has 1 unspecified atom stereocenters. The molecular weight excluding hydrogens is 206 g/mol. The predicted molar refractivity (Wildman–Crippen MR) is 61.9 cm³/mol. The SMILES string of the molecule is CNC(Cc1ccsc1)c1cnccn1. The van der Waals surface area contributed by atoms with E-state index in [0.29, 0.717) is 0 Å². The number of hydrogen-bond donors (Lipinski definition) is 1. The summed E-state index contributed by atoms with van der Waals surface area (Å²) in [5.74, 6) is 0. The molecular formula is C11H13N3S. The van der Waals surface area contributed by atoms with Gasteiger partial charge in [-0.15, -0.1) is 0 Å². The lowest BCUT2D eigenvalue weighted by Gasteiger charge is -2.13. The van der Waals surface area contributed by atoms with Crippen LogP contribution in [-0.2, 0) is 6.42 Å². The second kappa shape index (κ2) is 5.00. The molecule has 0 aromatic carbocycles. The van der Waals surface area contributed by atoms with Crippen LogP contribution in [0.25, 0.3) is 0 Å². The van der Waals surface area contributed by atoms with Gasteiger partial charge in [-0.3, -0.25) is 9.97 Å². The topological polar surface area (TPSA) is 37.8 Å². The Hall–Kier alpha value is -1.26. The largest absolute Gasteiger partial charge is 0.311 e. The molecule has 1 atom stereocenters. The highest BCUT2D eigenvalue weighted by Crippen LogP contribution is 2.17. The zero-order valence-electron chi connectivity index (χ0n) is 8.55. The van der Waals surface area contributed by atoms with Crippen LogP contribution in [0.4, 0.5) is 0 Å². The molecule has 0 aliphatic carbocycles. The predicted octanol–water partition coefficient (Wildman–Crippen LogP) is 2.04. The Morgan fingerprint density at radius 2 is 2.40 bits per heavy atom. The summed E-state index contributed by atoms with van der Waals surface area (Å²) in [7, 11) is 1.95. The van der Waals surface area contributed by atoms with Crippen molar-refractivity contribution in [2.75, 3.05) is 7.05 Å². The van der Waals surface area contributed by atoms with Crippen LogP contribution >= 0.6 is 11.3 Å². The molecule has 0 radical (unpaired) electrons. The van der Waals surface area contributed by atoms with E-state index in [-0.39, 0.29) is 6.04 Å². The maximum Gasteiger partial charge on any atom is 0.0759 e. The van der Waals surface area contributed by atoms with Gasteiger partial charge in [0.05, 0.1) is 11.7 Å². The van der Waals surface area contributed by atoms with Gasteiger partial charge >= 0.3 is 0 Å². The lowest BCUT2D eigenvalue weighted by Crippen LogP contribution is -2.19. The van der Waals surface area contributed by atoms with E-state index < -0.39 is 0 Å². The summed E-state index contributed by atoms with van der Waals surface area (Å²) in [6.45, 7) is 0. The van der Waals surface area contributed by atoms with E-state index in [1.54, 1.807) is 23.7 Å². The van der Waals surface area contributed by atoms with E-state index in [9.17, 15) is 0 Å². The van der Waals surface area contributed by atoms with Crippen molar-refractivity contribution in [3.63, 3.8) is 0 Å². The molecule has 0 bridgehead atoms. The molecule has 1 N–H and O–H groups in total. The van der Waals surface area contributed by atoms with Gasteiger partial charge in [0.2, 0.25) is 0 Å². The highest BCUT2D eigenvalue weighted by atomic mass is 32.1. The fraction of sp³-hybridized carbons (Fsp3) is 0.273. The summed E-state index contributed by atoms with van der Waals surface area (Å²) in [6.07, 6.45) is 6.19. The van der Waals surface area contributed by atoms with E-state index >= 15 is 0 Å². The van der Waals surface area contributed by atoms with Gasteiger partial charge in [0.1, 0.15) is 0 Å². The number of hydrogen-bond acceptors (Lipinski definition) is 4. The molecule has 0 aliphatic rings. The average molecular weight is 219 g/mol. The van der Waals surface area contributed by atoms with Crippen LogP contribution in [0.1, 0.15) is 17.3 Å². The van der Waals surface area contributed by atoms with Crippen molar-refractivity contribution in [2.45, 2.75) is 12.5 Å². The Morgan fingerprint density at radius 1 is 1.47 bits per heavy atom. The van der Waals surface area contributed by atoms with Crippen LogP contribution in [0.5, 0.6) is 0 Å². The number of aromatic nitrogens is 2. The van der Waals surface area contributed by atoms with E-state index in [2.05, 4.69) is 32.1 Å². The molecule has 3 nitrogen and oxygen atoms in total. The molecule has 4 heteroatoms. The third kappa shape index (κ3) is 2.61. The molecule has 15 heavy (non-hydrogen) atoms. The van der Waals surface area contributed by atoms with Crippen molar-refractivity contribution in [3.8, 4) is 0 Å². The first-order chi connectivity index (χ1) is 7.40. The standard InChI is InChI=1S/C11H13N3S/c1-12-10(6-9-2-5-15-8-9)11-7-13-3-4-14-11/h2-5,7-8,10,12H,6H2,1H3. The minimum atomic E-state index is 0.244. The Balaban J connectivity index is 2.12. The summed E-state index contributed by atoms with van der Waals surface area (Å²) in [4.78, 5) is 8.39. The zero-order chi connectivity index (χ0) is 10.5. The first kappa shape index (κ1) is 10.3. The van der Waals surface area contributed by atoms with Crippen LogP contribution in [0.2, 0.25) is 0 Å². The van der Waals surface area contributed by atoms with Crippen molar-refractivity contribution in [3.05, 3.63) is 46.7 Å². The fourth-order valence-electron chi connectivity index (χ4n) is 1.49. The number of rotatable bonds is 4. The summed E-state index contributed by atoms with van der Waals surface area (Å²) < 4.78 is 0. The molecule has 2 heterocycles. The maximum absolute atomic E-state index is 4.31. The summed E-state index contributed by atoms with van der Waals surface area (Å²) in [5, 5.41) is 7.52. The monoisotopic (exact) mass is 219 g/mol. The van der Waals surface area contributed by atoms with Crippen molar-refractivity contribution < 1.29 is 0 Å². The van der Waals surface area contributed by atoms with E-state index in [1.165, 1.54) is 5.56 Å². The first-order valence-electron chi connectivity index (χ1n) is 4.84. The second-order valence-electron chi connectivity index (χ2n) is 3.31. The molecule has 2 aromatic heterocycles. The lowest BCUT2D eigenvalue weighted by molar-refractivity contribution is 0.574. The van der Waals surface area contributed by atoms with Crippen molar-refractivity contribution in [2.24, 2.45) is 0 Å². The molecule has 0 aliphatic heterocycles. The van der Waals surface area contributed by atoms with Gasteiger partial charge in [-0.1, -0.05) is 0 Å². The van der Waals surface area contributed by atoms with Gasteiger partial charge in [-0.2, -0.15) is 11.3 Å². The molecule has 0 spiro atoms. The Bertz CT molecular complexity index is 385. The normalized spacial score (nSPS) is 12.6. The molecule has 0 saturated carbocycles. The van der Waals surface area contributed by atoms with Gasteiger partial charge in [-0.25, -0.2) is 0 Å². The lowest BCUT2D eigenvalue weighted by atomic mass is 10.1. The van der Waals surface area contributed by atoms with Crippen LogP contribution in [0.15, 0.2) is 35.4 Å². The summed E-state index contributed by atoms with van der Waals surface area (Å²) in [6, 6.07) is 2.39. The minimum Gasteiger partial charge on any atom is -0.311 e. The highest BCUT2D eigenvalue weighted by Gasteiger charge is 2.11. The maximum atomic E-state index is 4.31. The van der Waals surface area contributed by atoms with Crippen molar-refractivity contribution in [1.82, 2.24) is 15.3 Å². The quantitative estimate of drug-likeness (QED) is 0.855. The Morgan fingerprint density at radius 3 is 3.00 bits per heavy atom. The Kier molecular flexibility index (Phi) is 3.42. The Labute approximate surface area is 93.2 Å². The molecule has 2 aromatic rings. The van der Waals surface area contributed by atoms with E-state index in [0.717, 1.165) is 12.1 Å². The number of nitrogens with one attached hydrogen (secondary N) is 1. The minimum absolute atomic E-state index is 0.244. The zero-order valence-corrected chi connectivity index (χ0v) is 9.37. The van der Waals surface area contributed by atoms with Crippen LogP contribution in [-0.4, -0.2) is 17.0 Å². The number of thiophene rings is 1. The molecule has 0 saturated heterocycles. The first-order valence-corrected chi connectivity index (χ1v) is 5.78. The summed E-state index contributed by atoms with van der Waals surface area (Å²) >= 11 is 1.72. The van der Waals surface area contributed by atoms with Gasteiger partial charge in [0.15, 0.2) is 0 Å². The molecule has 0 amide bonds. The molecule has 2 rings (SSSR count). The van der Waals surface area contributed by atoms with Gasteiger partial charge in [0, 0.05) is 18.6 Å². The highest BCUT2D eigenvalue weighted by molar-refractivity contribution is 7.07.